The fourth-order valence-corrected chi connectivity index (χ4v) is 7.90. The Kier molecular flexibility index (Phi) is 7.66. The molecule has 11 heteroatoms. The van der Waals surface area contributed by atoms with Crippen molar-refractivity contribution >= 4 is 27.5 Å². The molecule has 4 aromatic rings. The topological polar surface area (TPSA) is 86.6 Å². The van der Waals surface area contributed by atoms with Crippen LogP contribution in [0.2, 0.25) is 0 Å². The number of alkyl halides is 1. The van der Waals surface area contributed by atoms with E-state index in [4.69, 9.17) is 16.1 Å². The van der Waals surface area contributed by atoms with Crippen LogP contribution in [0.1, 0.15) is 44.1 Å². The van der Waals surface area contributed by atoms with Gasteiger partial charge in [0, 0.05) is 42.3 Å². The largest absolute Gasteiger partial charge is 0.508 e. The van der Waals surface area contributed by atoms with Crippen LogP contribution in [0, 0.1) is 24.0 Å². The van der Waals surface area contributed by atoms with Crippen molar-refractivity contribution in [3.05, 3.63) is 47.7 Å². The van der Waals surface area contributed by atoms with Crippen LogP contribution in [0.5, 0.6) is 11.8 Å². The third kappa shape index (κ3) is 5.00. The van der Waals surface area contributed by atoms with Crippen LogP contribution in [-0.4, -0.2) is 82.5 Å². The lowest BCUT2D eigenvalue weighted by Crippen LogP contribution is -2.51. The van der Waals surface area contributed by atoms with E-state index < -0.39 is 11.6 Å². The second-order valence-corrected chi connectivity index (χ2v) is 12.4. The van der Waals surface area contributed by atoms with Gasteiger partial charge in [0.05, 0.1) is 23.7 Å². The summed E-state index contributed by atoms with van der Waals surface area (Å²) >= 11 is 0. The van der Waals surface area contributed by atoms with Crippen LogP contribution in [0.3, 0.4) is 0 Å². The third-order valence-corrected chi connectivity index (χ3v) is 9.89. The van der Waals surface area contributed by atoms with Crippen molar-refractivity contribution in [3.63, 3.8) is 0 Å². The maximum Gasteiger partial charge on any atom is 0.319 e. The fourth-order valence-electron chi connectivity index (χ4n) is 7.90. The Morgan fingerprint density at radius 1 is 1.09 bits per heavy atom. The van der Waals surface area contributed by atoms with E-state index in [-0.39, 0.29) is 39.6 Å². The lowest BCUT2D eigenvalue weighted by atomic mass is 9.95. The maximum atomic E-state index is 16.7. The molecular formula is C34H35F3N6O2. The molecule has 0 saturated carbocycles. The standard InChI is InChI=1S/C33H32F2N6O2.CH3F/c1-2-23-26(34)8-5-19-13-22(42)14-24(27(19)23)29-28(35)30-25(15-36-29)31(40-16-20-6-7-21(17-40)37-20)39-32(38-30)43-18-33-9-3-11-41(33)12-4-10-33;1-2/h1,5,8,13-15,20-21,37,42H,3-4,6-7,9-12,16-18H2;1H3. The van der Waals surface area contributed by atoms with Gasteiger partial charge in [-0.2, -0.15) is 9.97 Å². The summed E-state index contributed by atoms with van der Waals surface area (Å²) in [6.07, 6.45) is 13.8. The van der Waals surface area contributed by atoms with E-state index in [9.17, 15) is 13.9 Å². The van der Waals surface area contributed by atoms with Crippen LogP contribution in [0.25, 0.3) is 32.9 Å². The van der Waals surface area contributed by atoms with Gasteiger partial charge in [-0.25, -0.2) is 8.78 Å². The molecule has 234 valence electrons. The number of nitrogens with zero attached hydrogens (tertiary/aromatic N) is 5. The molecule has 4 fully saturated rings. The number of terminal acetylenes is 1. The van der Waals surface area contributed by atoms with Crippen molar-refractivity contribution in [2.75, 3.05) is 44.9 Å². The van der Waals surface area contributed by atoms with Gasteiger partial charge < -0.3 is 20.1 Å². The summed E-state index contributed by atoms with van der Waals surface area (Å²) in [7, 11) is 0.500. The highest BCUT2D eigenvalue weighted by atomic mass is 19.1. The number of aromatic nitrogens is 3. The van der Waals surface area contributed by atoms with E-state index in [0.717, 1.165) is 64.7 Å². The number of halogens is 3. The summed E-state index contributed by atoms with van der Waals surface area (Å²) in [6, 6.07) is 6.39. The Hall–Kier alpha value is -4.14. The van der Waals surface area contributed by atoms with E-state index in [2.05, 4.69) is 31.0 Å². The van der Waals surface area contributed by atoms with Crippen LogP contribution in [0.15, 0.2) is 30.5 Å². The number of phenolic OH excluding ortho intramolecular Hbond substituents is 1. The molecule has 0 amide bonds. The smallest absolute Gasteiger partial charge is 0.319 e. The predicted octanol–water partition coefficient (Wildman–Crippen LogP) is 5.34. The van der Waals surface area contributed by atoms with Crippen molar-refractivity contribution in [2.24, 2.45) is 0 Å². The number of hydrogen-bond donors (Lipinski definition) is 2. The molecule has 4 aliphatic heterocycles. The molecule has 8 rings (SSSR count). The normalized spacial score (nSPS) is 21.9. The molecule has 2 N–H and O–H groups in total. The minimum atomic E-state index is -0.704. The molecular weight excluding hydrogens is 581 g/mol. The van der Waals surface area contributed by atoms with Gasteiger partial charge in [0.2, 0.25) is 0 Å². The monoisotopic (exact) mass is 616 g/mol. The molecule has 2 unspecified atom stereocenters. The molecule has 0 radical (unpaired) electrons. The molecule has 4 saturated heterocycles. The quantitative estimate of drug-likeness (QED) is 0.291. The minimum Gasteiger partial charge on any atom is -0.508 e. The highest BCUT2D eigenvalue weighted by Crippen LogP contribution is 2.41. The zero-order valence-corrected chi connectivity index (χ0v) is 25.1. The first-order valence-electron chi connectivity index (χ1n) is 15.5. The number of phenols is 1. The Bertz CT molecular complexity index is 1810. The molecule has 2 atom stereocenters. The molecule has 2 bridgehead atoms. The van der Waals surface area contributed by atoms with Gasteiger partial charge >= 0.3 is 6.01 Å². The Balaban J connectivity index is 0.00000160. The first kappa shape index (κ1) is 29.6. The number of anilines is 1. The predicted molar refractivity (Wildman–Crippen MR) is 167 cm³/mol. The first-order chi connectivity index (χ1) is 21.9. The molecule has 0 aliphatic carbocycles. The molecule has 6 heterocycles. The number of fused-ring (bicyclic) bond motifs is 5. The van der Waals surface area contributed by atoms with Gasteiger partial charge in [0.1, 0.15) is 35.2 Å². The van der Waals surface area contributed by atoms with Crippen molar-refractivity contribution in [1.82, 2.24) is 25.2 Å². The number of hydrogen-bond acceptors (Lipinski definition) is 8. The van der Waals surface area contributed by atoms with E-state index >= 15 is 4.39 Å². The molecule has 0 spiro atoms. The Morgan fingerprint density at radius 3 is 2.53 bits per heavy atom. The van der Waals surface area contributed by atoms with Crippen molar-refractivity contribution in [3.8, 4) is 35.4 Å². The summed E-state index contributed by atoms with van der Waals surface area (Å²) in [6.45, 7) is 4.07. The van der Waals surface area contributed by atoms with Crippen LogP contribution < -0.4 is 15.0 Å². The van der Waals surface area contributed by atoms with E-state index in [1.165, 1.54) is 24.3 Å². The second kappa shape index (κ2) is 11.7. The van der Waals surface area contributed by atoms with Gasteiger partial charge in [0.25, 0.3) is 0 Å². The minimum absolute atomic E-state index is 0.0191. The van der Waals surface area contributed by atoms with Gasteiger partial charge in [-0.05, 0) is 75.2 Å². The summed E-state index contributed by atoms with van der Waals surface area (Å²) in [5, 5.41) is 15.4. The highest BCUT2D eigenvalue weighted by Gasteiger charge is 2.45. The number of aromatic hydroxyl groups is 1. The van der Waals surface area contributed by atoms with Gasteiger partial charge in [0.15, 0.2) is 5.82 Å². The number of piperazine rings is 1. The van der Waals surface area contributed by atoms with E-state index in [1.807, 2.05) is 0 Å². The van der Waals surface area contributed by atoms with Crippen molar-refractivity contribution in [2.45, 2.75) is 56.1 Å². The summed E-state index contributed by atoms with van der Waals surface area (Å²) in [5.74, 6) is 1.57. The van der Waals surface area contributed by atoms with Crippen molar-refractivity contribution < 1.29 is 23.0 Å². The van der Waals surface area contributed by atoms with Gasteiger partial charge in [-0.1, -0.05) is 12.0 Å². The summed E-state index contributed by atoms with van der Waals surface area (Å²) in [4.78, 5) is 18.7. The second-order valence-electron chi connectivity index (χ2n) is 12.4. The number of benzene rings is 2. The number of ether oxygens (including phenoxy) is 1. The lowest BCUT2D eigenvalue weighted by molar-refractivity contribution is 0.108. The summed E-state index contributed by atoms with van der Waals surface area (Å²) in [5.41, 5.74) is 0.136. The Morgan fingerprint density at radius 2 is 1.82 bits per heavy atom. The molecule has 2 aromatic heterocycles. The van der Waals surface area contributed by atoms with Crippen LogP contribution in [-0.2, 0) is 0 Å². The fraction of sp³-hybridized carbons (Fsp3) is 0.441. The van der Waals surface area contributed by atoms with Gasteiger partial charge in [-0.15, -0.1) is 6.42 Å². The molecule has 45 heavy (non-hydrogen) atoms. The Labute approximate surface area is 259 Å². The average molecular weight is 617 g/mol. The van der Waals surface area contributed by atoms with Crippen LogP contribution in [0.4, 0.5) is 19.0 Å². The lowest BCUT2D eigenvalue weighted by Gasteiger charge is -2.34. The van der Waals surface area contributed by atoms with Crippen LogP contribution >= 0.6 is 0 Å². The highest BCUT2D eigenvalue weighted by molar-refractivity contribution is 6.03. The average Bonchev–Trinajstić information content (AvgIpc) is 3.74. The first-order valence-corrected chi connectivity index (χ1v) is 15.5. The number of nitrogens with one attached hydrogen (secondary N) is 1. The van der Waals surface area contributed by atoms with Gasteiger partial charge in [-0.3, -0.25) is 14.3 Å². The SMILES string of the molecule is C#Cc1c(F)ccc2cc(O)cc(-c3ncc4c(N5CC6CCC(C5)N6)nc(OCC56CCCN5CCC6)nc4c3F)c12.CF. The van der Waals surface area contributed by atoms with Crippen molar-refractivity contribution in [1.29, 1.82) is 0 Å². The van der Waals surface area contributed by atoms with E-state index in [1.54, 1.807) is 6.20 Å². The number of pyridine rings is 1. The molecule has 8 nitrogen and oxygen atoms in total. The maximum absolute atomic E-state index is 16.7. The van der Waals surface area contributed by atoms with E-state index in [0.29, 0.717) is 47.8 Å². The molecule has 4 aliphatic rings. The molecule has 2 aromatic carbocycles. The third-order valence-electron chi connectivity index (χ3n) is 9.89. The summed E-state index contributed by atoms with van der Waals surface area (Å²) < 4.78 is 47.3. The zero-order chi connectivity index (χ0) is 31.3. The zero-order valence-electron chi connectivity index (χ0n) is 25.1. The number of rotatable bonds is 5.